The summed E-state index contributed by atoms with van der Waals surface area (Å²) in [5.41, 5.74) is 2.18. The minimum absolute atomic E-state index is 0. The summed E-state index contributed by atoms with van der Waals surface area (Å²) in [7, 11) is 0. The van der Waals surface area contributed by atoms with E-state index in [-0.39, 0.29) is 30.0 Å². The van der Waals surface area contributed by atoms with Crippen LogP contribution in [0.25, 0.3) is 0 Å². The Morgan fingerprint density at radius 1 is 1.36 bits per heavy atom. The summed E-state index contributed by atoms with van der Waals surface area (Å²) in [5.74, 6) is 0.823. The summed E-state index contributed by atoms with van der Waals surface area (Å²) >= 11 is 1.75. The molecule has 0 aliphatic carbocycles. The summed E-state index contributed by atoms with van der Waals surface area (Å²) in [6, 6.07) is 8.46. The maximum Gasteiger partial charge on any atom is 0.192 e. The molecule has 1 atom stereocenters. The van der Waals surface area contributed by atoms with Gasteiger partial charge in [0.15, 0.2) is 5.96 Å². The molecule has 2 N–H and O–H groups in total. The van der Waals surface area contributed by atoms with E-state index in [2.05, 4.69) is 65.0 Å². The van der Waals surface area contributed by atoms with E-state index >= 15 is 0 Å². The second-order valence-corrected chi connectivity index (χ2v) is 5.82. The molecule has 0 saturated heterocycles. The monoisotopic (exact) mass is 430 g/mol. The zero-order valence-corrected chi connectivity index (χ0v) is 16.3. The van der Waals surface area contributed by atoms with Crippen molar-refractivity contribution < 1.29 is 0 Å². The van der Waals surface area contributed by atoms with Crippen molar-refractivity contribution in [3.8, 4) is 0 Å². The van der Waals surface area contributed by atoms with Gasteiger partial charge in [-0.3, -0.25) is 4.98 Å². The second kappa shape index (κ2) is 9.78. The van der Waals surface area contributed by atoms with E-state index in [4.69, 9.17) is 0 Å². The first kappa shape index (κ1) is 18.9. The lowest BCUT2D eigenvalue weighted by Crippen LogP contribution is -2.38. The Hall–Kier alpha value is -1.15. The van der Waals surface area contributed by atoms with Gasteiger partial charge in [0, 0.05) is 17.6 Å². The third-order valence-corrected chi connectivity index (χ3v) is 4.23. The van der Waals surface area contributed by atoms with Gasteiger partial charge in [-0.25, -0.2) is 4.99 Å². The molecule has 0 bridgehead atoms. The van der Waals surface area contributed by atoms with E-state index in [9.17, 15) is 0 Å². The van der Waals surface area contributed by atoms with Crippen LogP contribution in [0.3, 0.4) is 0 Å². The van der Waals surface area contributed by atoms with Crippen LogP contribution in [-0.4, -0.2) is 17.5 Å². The number of aliphatic imine (C=N–C) groups is 1. The Balaban J connectivity index is 0.00000242. The molecule has 2 aromatic rings. The Labute approximate surface area is 153 Å². The Kier molecular flexibility index (Phi) is 8.40. The molecular weight excluding hydrogens is 407 g/mol. The fraction of sp³-hybridized carbons (Fsp3) is 0.375. The van der Waals surface area contributed by atoms with Crippen molar-refractivity contribution in [1.82, 2.24) is 15.6 Å². The van der Waals surface area contributed by atoms with E-state index in [1.807, 2.05) is 12.3 Å². The first-order chi connectivity index (χ1) is 10.2. The Bertz CT molecular complexity index is 584. The summed E-state index contributed by atoms with van der Waals surface area (Å²) < 4.78 is 0. The van der Waals surface area contributed by atoms with E-state index in [1.165, 1.54) is 10.4 Å². The van der Waals surface area contributed by atoms with Gasteiger partial charge in [0.1, 0.15) is 0 Å². The average Bonchev–Trinajstić information content (AvgIpc) is 3.00. The standard InChI is InChI=1S/C16H22N4S.HI/c1-4-17-16(20-13(3)15-8-6-10-21-15)19-11-14-12(2)7-5-9-18-14;/h5-10,13H,4,11H2,1-3H3,(H2,17,19,20);1H. The molecule has 0 radical (unpaired) electrons. The highest BCUT2D eigenvalue weighted by atomic mass is 127. The number of aryl methyl sites for hydroxylation is 1. The third kappa shape index (κ3) is 5.57. The van der Waals surface area contributed by atoms with Gasteiger partial charge in [-0.1, -0.05) is 12.1 Å². The molecule has 0 spiro atoms. The highest BCUT2D eigenvalue weighted by Crippen LogP contribution is 2.17. The highest BCUT2D eigenvalue weighted by molar-refractivity contribution is 14.0. The molecule has 2 aromatic heterocycles. The van der Waals surface area contributed by atoms with Crippen molar-refractivity contribution in [2.45, 2.75) is 33.4 Å². The zero-order chi connectivity index (χ0) is 15.1. The van der Waals surface area contributed by atoms with Crippen molar-refractivity contribution in [3.05, 3.63) is 52.0 Å². The number of nitrogens with one attached hydrogen (secondary N) is 2. The van der Waals surface area contributed by atoms with Crippen LogP contribution in [0.2, 0.25) is 0 Å². The van der Waals surface area contributed by atoms with Gasteiger partial charge in [0.05, 0.1) is 18.3 Å². The SMILES string of the molecule is CCNC(=NCc1ncccc1C)NC(C)c1cccs1.I. The predicted molar refractivity (Wildman–Crippen MR) is 105 cm³/mol. The molecule has 0 amide bonds. The normalized spacial score (nSPS) is 12.4. The lowest BCUT2D eigenvalue weighted by atomic mass is 10.2. The van der Waals surface area contributed by atoms with Gasteiger partial charge in [-0.05, 0) is 43.8 Å². The lowest BCUT2D eigenvalue weighted by Gasteiger charge is -2.16. The minimum Gasteiger partial charge on any atom is -0.357 e. The maximum atomic E-state index is 4.63. The van der Waals surface area contributed by atoms with E-state index < -0.39 is 0 Å². The molecular formula is C16H23IN4S. The fourth-order valence-electron chi connectivity index (χ4n) is 1.97. The van der Waals surface area contributed by atoms with Gasteiger partial charge < -0.3 is 10.6 Å². The number of halogens is 1. The van der Waals surface area contributed by atoms with Crippen LogP contribution in [0, 0.1) is 6.92 Å². The van der Waals surface area contributed by atoms with Crippen LogP contribution < -0.4 is 10.6 Å². The van der Waals surface area contributed by atoms with Crippen LogP contribution in [0.5, 0.6) is 0 Å². The van der Waals surface area contributed by atoms with Crippen LogP contribution >= 0.6 is 35.3 Å². The first-order valence-corrected chi connectivity index (χ1v) is 8.07. The van der Waals surface area contributed by atoms with Crippen molar-refractivity contribution in [2.75, 3.05) is 6.54 Å². The number of nitrogens with zero attached hydrogens (tertiary/aromatic N) is 2. The van der Waals surface area contributed by atoms with Crippen molar-refractivity contribution >= 4 is 41.3 Å². The van der Waals surface area contributed by atoms with Crippen LogP contribution in [0.4, 0.5) is 0 Å². The molecule has 1 unspecified atom stereocenters. The number of hydrogen-bond donors (Lipinski definition) is 2. The number of pyridine rings is 1. The van der Waals surface area contributed by atoms with Crippen LogP contribution in [0.1, 0.15) is 36.0 Å². The van der Waals surface area contributed by atoms with E-state index in [1.54, 1.807) is 11.3 Å². The molecule has 2 rings (SSSR count). The molecule has 0 fully saturated rings. The molecule has 6 heteroatoms. The Morgan fingerprint density at radius 3 is 2.82 bits per heavy atom. The average molecular weight is 430 g/mol. The number of guanidine groups is 1. The summed E-state index contributed by atoms with van der Waals surface area (Å²) in [4.78, 5) is 10.3. The lowest BCUT2D eigenvalue weighted by molar-refractivity contribution is 0.697. The molecule has 0 aliphatic rings. The highest BCUT2D eigenvalue weighted by Gasteiger charge is 2.08. The van der Waals surface area contributed by atoms with Gasteiger partial charge in [0.25, 0.3) is 0 Å². The fourth-order valence-corrected chi connectivity index (χ4v) is 2.71. The van der Waals surface area contributed by atoms with Gasteiger partial charge in [-0.2, -0.15) is 0 Å². The maximum absolute atomic E-state index is 4.63. The molecule has 22 heavy (non-hydrogen) atoms. The number of rotatable bonds is 5. The molecule has 0 saturated carbocycles. The second-order valence-electron chi connectivity index (χ2n) is 4.84. The van der Waals surface area contributed by atoms with Gasteiger partial charge in [-0.15, -0.1) is 35.3 Å². The first-order valence-electron chi connectivity index (χ1n) is 7.19. The Morgan fingerprint density at radius 2 is 2.18 bits per heavy atom. The van der Waals surface area contributed by atoms with E-state index in [0.717, 1.165) is 18.2 Å². The number of hydrogen-bond acceptors (Lipinski definition) is 3. The van der Waals surface area contributed by atoms with Crippen molar-refractivity contribution in [3.63, 3.8) is 0 Å². The van der Waals surface area contributed by atoms with Crippen molar-refractivity contribution in [1.29, 1.82) is 0 Å². The summed E-state index contributed by atoms with van der Waals surface area (Å²) in [5, 5.41) is 8.80. The number of aromatic nitrogens is 1. The minimum atomic E-state index is 0. The molecule has 0 aliphatic heterocycles. The summed E-state index contributed by atoms with van der Waals surface area (Å²) in [6.45, 7) is 7.69. The van der Waals surface area contributed by atoms with Crippen LogP contribution in [0.15, 0.2) is 40.8 Å². The van der Waals surface area contributed by atoms with Crippen LogP contribution in [-0.2, 0) is 6.54 Å². The van der Waals surface area contributed by atoms with E-state index in [0.29, 0.717) is 6.54 Å². The van der Waals surface area contributed by atoms with Gasteiger partial charge >= 0.3 is 0 Å². The molecule has 4 nitrogen and oxygen atoms in total. The van der Waals surface area contributed by atoms with Gasteiger partial charge in [0.2, 0.25) is 0 Å². The smallest absolute Gasteiger partial charge is 0.192 e. The topological polar surface area (TPSA) is 49.3 Å². The molecule has 2 heterocycles. The summed E-state index contributed by atoms with van der Waals surface area (Å²) in [6.07, 6.45) is 1.81. The number of thiophene rings is 1. The predicted octanol–water partition coefficient (Wildman–Crippen LogP) is 3.89. The van der Waals surface area contributed by atoms with Crippen molar-refractivity contribution in [2.24, 2.45) is 4.99 Å². The molecule has 120 valence electrons. The largest absolute Gasteiger partial charge is 0.357 e. The molecule has 0 aromatic carbocycles. The zero-order valence-electron chi connectivity index (χ0n) is 13.2. The quantitative estimate of drug-likeness (QED) is 0.430. The third-order valence-electron chi connectivity index (χ3n) is 3.17.